The Labute approximate surface area is 114 Å². The van der Waals surface area contributed by atoms with Gasteiger partial charge in [0, 0.05) is 19.3 Å². The van der Waals surface area contributed by atoms with Gasteiger partial charge in [0.05, 0.1) is 0 Å². The van der Waals surface area contributed by atoms with Crippen LogP contribution in [0.25, 0.3) is 0 Å². The van der Waals surface area contributed by atoms with Crippen molar-refractivity contribution in [2.75, 3.05) is 31.9 Å². The summed E-state index contributed by atoms with van der Waals surface area (Å²) in [6.07, 6.45) is 3.69. The van der Waals surface area contributed by atoms with Gasteiger partial charge in [-0.25, -0.2) is 18.1 Å². The van der Waals surface area contributed by atoms with E-state index in [1.54, 1.807) is 0 Å². The van der Waals surface area contributed by atoms with E-state index in [2.05, 4.69) is 14.6 Å². The molecule has 19 heavy (non-hydrogen) atoms. The molecule has 2 heterocycles. The maximum absolute atomic E-state index is 12.1. The molecule has 3 N–H and O–H groups in total. The average molecular weight is 280 g/mol. The summed E-state index contributed by atoms with van der Waals surface area (Å²) >= 11 is 0. The molecule has 0 aromatic carbocycles. The van der Waals surface area contributed by atoms with Crippen LogP contribution in [-0.4, -0.2) is 52.3 Å². The van der Waals surface area contributed by atoms with Gasteiger partial charge in [0.15, 0.2) is 0 Å². The molecule has 0 spiro atoms. The largest absolute Gasteiger partial charge is 0.383 e. The quantitative estimate of drug-likeness (QED) is 0.664. The Balaban J connectivity index is 1.99. The van der Waals surface area contributed by atoms with Gasteiger partial charge in [0.2, 0.25) is 10.0 Å². The lowest BCUT2D eigenvalue weighted by atomic mass is 9.99. The fourth-order valence-corrected chi connectivity index (χ4v) is 3.24. The number of sulfonamides is 1. The predicted octanol–water partition coefficient (Wildman–Crippen LogP) is -1.17. The number of hydrogen-bond acceptors (Lipinski definition) is 5. The first-order valence-corrected chi connectivity index (χ1v) is 7.70. The Morgan fingerprint density at radius 2 is 2.11 bits per heavy atom. The van der Waals surface area contributed by atoms with E-state index in [0.717, 1.165) is 13.1 Å². The molecule has 0 amide bonds. The van der Waals surface area contributed by atoms with Crippen molar-refractivity contribution in [2.45, 2.75) is 17.7 Å². The molecule has 1 aromatic heterocycles. The van der Waals surface area contributed by atoms with E-state index in [-0.39, 0.29) is 16.2 Å². The van der Waals surface area contributed by atoms with Gasteiger partial charge in [-0.1, -0.05) is 5.46 Å². The maximum Gasteiger partial charge on any atom is 0.244 e. The Bertz CT molecular complexity index is 544. The van der Waals surface area contributed by atoms with Crippen LogP contribution in [0.15, 0.2) is 17.2 Å². The van der Waals surface area contributed by atoms with Crippen molar-refractivity contribution in [3.05, 3.63) is 12.3 Å². The minimum Gasteiger partial charge on any atom is -0.383 e. The van der Waals surface area contributed by atoms with E-state index >= 15 is 0 Å². The molecule has 2 radical (unpaired) electrons. The molecule has 102 valence electrons. The van der Waals surface area contributed by atoms with E-state index in [1.165, 1.54) is 25.1 Å². The van der Waals surface area contributed by atoms with Crippen molar-refractivity contribution >= 4 is 29.2 Å². The van der Waals surface area contributed by atoms with Crippen LogP contribution < -0.4 is 15.9 Å². The van der Waals surface area contributed by atoms with Gasteiger partial charge < -0.3 is 10.6 Å². The normalized spacial score (nSPS) is 16.8. The van der Waals surface area contributed by atoms with Gasteiger partial charge in [0.1, 0.15) is 18.6 Å². The van der Waals surface area contributed by atoms with Crippen LogP contribution in [0.3, 0.4) is 0 Å². The zero-order valence-electron chi connectivity index (χ0n) is 10.7. The monoisotopic (exact) mass is 280 g/mol. The van der Waals surface area contributed by atoms with Crippen molar-refractivity contribution in [2.24, 2.45) is 0 Å². The second-order valence-corrected chi connectivity index (χ2v) is 6.33. The third-order valence-electron chi connectivity index (χ3n) is 3.11. The molecular weight excluding hydrogens is 263 g/mol. The number of rotatable bonds is 5. The van der Waals surface area contributed by atoms with Gasteiger partial charge >= 0.3 is 0 Å². The van der Waals surface area contributed by atoms with Gasteiger partial charge in [-0.05, 0) is 32.0 Å². The first-order chi connectivity index (χ1) is 8.99. The molecule has 0 atom stereocenters. The second kappa shape index (κ2) is 5.89. The number of nitrogens with one attached hydrogen (secondary N) is 1. The van der Waals surface area contributed by atoms with Crippen LogP contribution >= 0.6 is 0 Å². The highest BCUT2D eigenvalue weighted by Crippen LogP contribution is 2.13. The summed E-state index contributed by atoms with van der Waals surface area (Å²) in [7, 11) is 1.88. The van der Waals surface area contributed by atoms with Gasteiger partial charge in [-0.15, -0.1) is 0 Å². The molecule has 8 heteroatoms. The summed E-state index contributed by atoms with van der Waals surface area (Å²) in [6.45, 7) is 3.12. The lowest BCUT2D eigenvalue weighted by Gasteiger charge is -2.15. The number of hydrogen-bond donors (Lipinski definition) is 2. The minimum atomic E-state index is -3.65. The summed E-state index contributed by atoms with van der Waals surface area (Å²) < 4.78 is 26.7. The fraction of sp³-hybridized carbons (Fsp3) is 0.545. The Hall–Kier alpha value is -1.12. The van der Waals surface area contributed by atoms with E-state index in [0.29, 0.717) is 13.1 Å². The van der Waals surface area contributed by atoms with Crippen molar-refractivity contribution in [1.29, 1.82) is 0 Å². The molecule has 0 saturated carbocycles. The molecule has 6 nitrogen and oxygen atoms in total. The smallest absolute Gasteiger partial charge is 0.244 e. The summed E-state index contributed by atoms with van der Waals surface area (Å²) in [5, 5.41) is 0. The number of nitrogens with two attached hydrogens (primary N) is 1. The van der Waals surface area contributed by atoms with Crippen LogP contribution in [0.4, 0.5) is 5.82 Å². The molecule has 1 aliphatic rings. The van der Waals surface area contributed by atoms with Crippen LogP contribution in [-0.2, 0) is 10.0 Å². The molecule has 1 fully saturated rings. The first kappa shape index (κ1) is 14.3. The van der Waals surface area contributed by atoms with Crippen LogP contribution in [0, 0.1) is 0 Å². The van der Waals surface area contributed by atoms with Crippen molar-refractivity contribution < 1.29 is 8.42 Å². The Kier molecular flexibility index (Phi) is 4.44. The lowest BCUT2D eigenvalue weighted by molar-refractivity contribution is 0.344. The number of likely N-dealkylation sites (tertiary alicyclic amines) is 1. The summed E-state index contributed by atoms with van der Waals surface area (Å²) in [6, 6.07) is 1.32. The molecule has 0 bridgehead atoms. The summed E-state index contributed by atoms with van der Waals surface area (Å²) in [4.78, 5) is 5.92. The highest BCUT2D eigenvalue weighted by atomic mass is 32.2. The number of nitrogen functional groups attached to an aromatic ring is 1. The third-order valence-corrected chi connectivity index (χ3v) is 4.60. The Morgan fingerprint density at radius 3 is 2.79 bits per heavy atom. The number of nitrogens with zero attached hydrogens (tertiary/aromatic N) is 2. The number of anilines is 1. The van der Waals surface area contributed by atoms with Gasteiger partial charge in [-0.3, -0.25) is 0 Å². The average Bonchev–Trinajstić information content (AvgIpc) is 2.85. The highest BCUT2D eigenvalue weighted by molar-refractivity contribution is 7.89. The zero-order chi connectivity index (χ0) is 13.9. The van der Waals surface area contributed by atoms with Crippen LogP contribution in [0.1, 0.15) is 12.8 Å². The van der Waals surface area contributed by atoms with E-state index in [4.69, 9.17) is 13.6 Å². The van der Waals surface area contributed by atoms with Crippen molar-refractivity contribution in [3.63, 3.8) is 0 Å². The Morgan fingerprint density at radius 1 is 1.42 bits per heavy atom. The zero-order valence-corrected chi connectivity index (χ0v) is 11.5. The summed E-state index contributed by atoms with van der Waals surface area (Å²) in [5.74, 6) is -0.0390. The molecule has 1 aliphatic heterocycles. The lowest BCUT2D eigenvalue weighted by Crippen LogP contribution is -2.34. The molecule has 2 rings (SSSR count). The minimum absolute atomic E-state index is 0.0390. The molecular formula is C11H17BN4O2S. The standard InChI is InChI=1S/C11H17BN4O2S/c12-9-7-10(11(13)14-8-9)19(17,18)15-3-6-16-4-1-2-5-16/h7-8,15H,1-6H2,(H2,13,14). The second-order valence-electron chi connectivity index (χ2n) is 4.60. The summed E-state index contributed by atoms with van der Waals surface area (Å²) in [5.41, 5.74) is 5.85. The first-order valence-electron chi connectivity index (χ1n) is 6.22. The molecule has 1 aromatic rings. The fourth-order valence-electron chi connectivity index (χ4n) is 2.11. The number of pyridine rings is 1. The third kappa shape index (κ3) is 3.68. The van der Waals surface area contributed by atoms with Gasteiger partial charge in [0.25, 0.3) is 0 Å². The molecule has 1 saturated heterocycles. The van der Waals surface area contributed by atoms with Gasteiger partial charge in [-0.2, -0.15) is 0 Å². The molecule has 0 unspecified atom stereocenters. The number of aromatic nitrogens is 1. The predicted molar refractivity (Wildman–Crippen MR) is 74.9 cm³/mol. The van der Waals surface area contributed by atoms with Crippen LogP contribution in [0.5, 0.6) is 0 Å². The van der Waals surface area contributed by atoms with E-state index < -0.39 is 10.0 Å². The topological polar surface area (TPSA) is 88.3 Å². The maximum atomic E-state index is 12.1. The van der Waals surface area contributed by atoms with Crippen LogP contribution in [0.2, 0.25) is 0 Å². The highest BCUT2D eigenvalue weighted by Gasteiger charge is 2.19. The molecule has 0 aliphatic carbocycles. The van der Waals surface area contributed by atoms with Crippen molar-refractivity contribution in [3.8, 4) is 0 Å². The van der Waals surface area contributed by atoms with E-state index in [1.807, 2.05) is 0 Å². The van der Waals surface area contributed by atoms with Crippen molar-refractivity contribution in [1.82, 2.24) is 14.6 Å². The van der Waals surface area contributed by atoms with E-state index in [9.17, 15) is 8.42 Å². The SMILES string of the molecule is [B]c1cnc(N)c(S(=O)(=O)NCCN2CCCC2)c1.